The van der Waals surface area contributed by atoms with E-state index in [9.17, 15) is 8.42 Å². The van der Waals surface area contributed by atoms with Gasteiger partial charge in [-0.15, -0.1) is 0 Å². The highest BCUT2D eigenvalue weighted by Crippen LogP contribution is 2.24. The van der Waals surface area contributed by atoms with E-state index >= 15 is 0 Å². The summed E-state index contributed by atoms with van der Waals surface area (Å²) in [6.07, 6.45) is 0. The summed E-state index contributed by atoms with van der Waals surface area (Å²) in [5.74, 6) is -0.0980. The van der Waals surface area contributed by atoms with E-state index < -0.39 is 10.0 Å². The molecule has 0 saturated carbocycles. The lowest BCUT2D eigenvalue weighted by Crippen LogP contribution is -2.15. The van der Waals surface area contributed by atoms with Gasteiger partial charge in [-0.1, -0.05) is 48.5 Å². The minimum absolute atomic E-state index is 0.0980. The fourth-order valence-corrected chi connectivity index (χ4v) is 4.14. The lowest BCUT2D eigenvalue weighted by molar-refractivity contribution is 0.600. The second-order valence-corrected chi connectivity index (χ2v) is 7.61. The van der Waals surface area contributed by atoms with Gasteiger partial charge in [0, 0.05) is 16.5 Å². The lowest BCUT2D eigenvalue weighted by atomic mass is 10.1. The first-order valence-corrected chi connectivity index (χ1v) is 9.59. The molecule has 0 radical (unpaired) electrons. The number of nitrogens with zero attached hydrogens (tertiary/aromatic N) is 1. The van der Waals surface area contributed by atoms with Gasteiger partial charge in [0.15, 0.2) is 0 Å². The van der Waals surface area contributed by atoms with Crippen molar-refractivity contribution < 1.29 is 8.42 Å². The van der Waals surface area contributed by atoms with Crippen molar-refractivity contribution in [3.63, 3.8) is 0 Å². The first-order valence-electron chi connectivity index (χ1n) is 7.94. The Bertz CT molecular complexity index is 1160. The van der Waals surface area contributed by atoms with Gasteiger partial charge in [0.1, 0.15) is 0 Å². The summed E-state index contributed by atoms with van der Waals surface area (Å²) >= 11 is 0. The highest BCUT2D eigenvalue weighted by atomic mass is 32.2. The van der Waals surface area contributed by atoms with Crippen LogP contribution < -0.4 is 4.72 Å². The maximum Gasteiger partial charge on any atom is 0.236 e. The average molecular weight is 348 g/mol. The van der Waals surface area contributed by atoms with Gasteiger partial charge in [0.25, 0.3) is 0 Å². The molecule has 1 heterocycles. The zero-order valence-corrected chi connectivity index (χ0v) is 14.2. The van der Waals surface area contributed by atoms with E-state index in [4.69, 9.17) is 0 Å². The number of para-hydroxylation sites is 2. The maximum absolute atomic E-state index is 12.5. The van der Waals surface area contributed by atoms with Gasteiger partial charge in [-0.05, 0) is 35.9 Å². The summed E-state index contributed by atoms with van der Waals surface area (Å²) in [6.45, 7) is 0. The first kappa shape index (κ1) is 15.6. The number of rotatable bonds is 4. The fraction of sp³-hybridized carbons (Fsp3) is 0.0500. The third kappa shape index (κ3) is 3.32. The van der Waals surface area contributed by atoms with Crippen LogP contribution >= 0.6 is 0 Å². The zero-order valence-electron chi connectivity index (χ0n) is 13.4. The predicted octanol–water partition coefficient (Wildman–Crippen LogP) is 4.33. The van der Waals surface area contributed by atoms with E-state index in [1.54, 1.807) is 24.3 Å². The van der Waals surface area contributed by atoms with Crippen molar-refractivity contribution in [1.82, 2.24) is 4.98 Å². The first-order chi connectivity index (χ1) is 12.1. The molecule has 4 nitrogen and oxygen atoms in total. The number of fused-ring (bicyclic) bond motifs is 2. The number of hydrogen-bond acceptors (Lipinski definition) is 3. The molecule has 0 aliphatic carbocycles. The lowest BCUT2D eigenvalue weighted by Gasteiger charge is -2.10. The van der Waals surface area contributed by atoms with E-state index in [-0.39, 0.29) is 5.75 Å². The molecule has 0 bridgehead atoms. The molecule has 0 saturated heterocycles. The average Bonchev–Trinajstić information content (AvgIpc) is 2.60. The second-order valence-electron chi connectivity index (χ2n) is 5.89. The van der Waals surface area contributed by atoms with E-state index in [2.05, 4.69) is 9.71 Å². The van der Waals surface area contributed by atoms with Crippen molar-refractivity contribution in [2.75, 3.05) is 4.72 Å². The van der Waals surface area contributed by atoms with Crippen molar-refractivity contribution in [3.8, 4) is 0 Å². The van der Waals surface area contributed by atoms with Crippen molar-refractivity contribution >= 4 is 37.5 Å². The molecule has 0 aliphatic heterocycles. The summed E-state index contributed by atoms with van der Waals surface area (Å²) in [5, 5.41) is 1.86. The van der Waals surface area contributed by atoms with Crippen LogP contribution in [0.4, 0.5) is 5.69 Å². The number of pyridine rings is 1. The number of sulfonamides is 1. The smallest absolute Gasteiger partial charge is 0.236 e. The molecule has 3 aromatic carbocycles. The standard InChI is InChI=1S/C20H16N2O2S/c23-25(24,22-17-9-2-1-3-10-17)14-16-8-6-12-20-18(16)13-15-7-4-5-11-19(15)21-20/h1-13,22H,14H2. The molecule has 0 atom stereocenters. The number of nitrogens with one attached hydrogen (secondary N) is 1. The van der Waals surface area contributed by atoms with Gasteiger partial charge in [-0.25, -0.2) is 13.4 Å². The van der Waals surface area contributed by atoms with Gasteiger partial charge in [0.2, 0.25) is 10.0 Å². The second kappa shape index (κ2) is 6.18. The Morgan fingerprint density at radius 2 is 1.52 bits per heavy atom. The van der Waals surface area contributed by atoms with Gasteiger partial charge in [-0.3, -0.25) is 4.72 Å². The van der Waals surface area contributed by atoms with E-state index in [0.29, 0.717) is 5.69 Å². The van der Waals surface area contributed by atoms with Crippen LogP contribution in [-0.2, 0) is 15.8 Å². The molecule has 0 fully saturated rings. The topological polar surface area (TPSA) is 59.1 Å². The number of benzene rings is 3. The molecule has 4 rings (SSSR count). The summed E-state index contributed by atoms with van der Waals surface area (Å²) in [7, 11) is -3.51. The molecule has 5 heteroatoms. The Kier molecular flexibility index (Phi) is 3.86. The predicted molar refractivity (Wildman–Crippen MR) is 102 cm³/mol. The molecule has 0 spiro atoms. The third-order valence-electron chi connectivity index (χ3n) is 4.04. The molecular formula is C20H16N2O2S. The fourth-order valence-electron chi connectivity index (χ4n) is 2.91. The van der Waals surface area contributed by atoms with Crippen LogP contribution in [0.1, 0.15) is 5.56 Å². The minimum atomic E-state index is -3.51. The molecule has 4 aromatic rings. The Hall–Kier alpha value is -2.92. The molecule has 1 aromatic heterocycles. The Balaban J connectivity index is 1.74. The molecule has 0 amide bonds. The monoisotopic (exact) mass is 348 g/mol. The Morgan fingerprint density at radius 3 is 2.36 bits per heavy atom. The third-order valence-corrected chi connectivity index (χ3v) is 5.28. The van der Waals surface area contributed by atoms with Gasteiger partial charge in [0.05, 0.1) is 16.8 Å². The van der Waals surface area contributed by atoms with E-state index in [1.807, 2.05) is 54.6 Å². The summed E-state index contributed by atoms with van der Waals surface area (Å²) in [4.78, 5) is 4.64. The van der Waals surface area contributed by atoms with Gasteiger partial charge in [-0.2, -0.15) is 0 Å². The summed E-state index contributed by atoms with van der Waals surface area (Å²) in [5.41, 5.74) is 2.99. The molecular weight excluding hydrogens is 332 g/mol. The summed E-state index contributed by atoms with van der Waals surface area (Å²) in [6, 6.07) is 24.3. The van der Waals surface area contributed by atoms with Crippen molar-refractivity contribution in [2.24, 2.45) is 0 Å². The minimum Gasteiger partial charge on any atom is -0.283 e. The SMILES string of the molecule is O=S(=O)(Cc1cccc2nc3ccccc3cc12)Nc1ccccc1. The Morgan fingerprint density at radius 1 is 0.800 bits per heavy atom. The van der Waals surface area contributed by atoms with Crippen LogP contribution in [0.5, 0.6) is 0 Å². The van der Waals surface area contributed by atoms with Crippen LogP contribution in [0, 0.1) is 0 Å². The van der Waals surface area contributed by atoms with Gasteiger partial charge < -0.3 is 0 Å². The van der Waals surface area contributed by atoms with Crippen LogP contribution in [0.25, 0.3) is 21.8 Å². The zero-order chi connectivity index (χ0) is 17.3. The van der Waals surface area contributed by atoms with Crippen molar-refractivity contribution in [2.45, 2.75) is 5.75 Å². The highest BCUT2D eigenvalue weighted by molar-refractivity contribution is 7.91. The van der Waals surface area contributed by atoms with Crippen molar-refractivity contribution in [3.05, 3.63) is 84.4 Å². The highest BCUT2D eigenvalue weighted by Gasteiger charge is 2.14. The molecule has 0 unspecified atom stereocenters. The quantitative estimate of drug-likeness (QED) is 0.559. The number of hydrogen-bond donors (Lipinski definition) is 1. The Labute approximate surface area is 146 Å². The van der Waals surface area contributed by atoms with Crippen LogP contribution in [-0.4, -0.2) is 13.4 Å². The number of aromatic nitrogens is 1. The van der Waals surface area contributed by atoms with Crippen LogP contribution in [0.15, 0.2) is 78.9 Å². The van der Waals surface area contributed by atoms with E-state index in [0.717, 1.165) is 27.4 Å². The maximum atomic E-state index is 12.5. The molecule has 1 N–H and O–H groups in total. The largest absolute Gasteiger partial charge is 0.283 e. The van der Waals surface area contributed by atoms with E-state index in [1.165, 1.54) is 0 Å². The van der Waals surface area contributed by atoms with Crippen molar-refractivity contribution in [1.29, 1.82) is 0 Å². The van der Waals surface area contributed by atoms with Crippen LogP contribution in [0.3, 0.4) is 0 Å². The summed E-state index contributed by atoms with van der Waals surface area (Å²) < 4.78 is 27.7. The molecule has 124 valence electrons. The van der Waals surface area contributed by atoms with Crippen LogP contribution in [0.2, 0.25) is 0 Å². The van der Waals surface area contributed by atoms with Gasteiger partial charge >= 0.3 is 0 Å². The molecule has 0 aliphatic rings. The normalized spacial score (nSPS) is 11.7. The molecule has 25 heavy (non-hydrogen) atoms. The number of anilines is 1.